The highest BCUT2D eigenvalue weighted by Crippen LogP contribution is 2.29. The minimum Gasteiger partial charge on any atom is -0.445 e. The number of carbonyl (C=O) groups is 1. The molecule has 4 aromatic rings. The van der Waals surface area contributed by atoms with Crippen molar-refractivity contribution < 1.29 is 9.21 Å². The molecule has 0 saturated heterocycles. The van der Waals surface area contributed by atoms with E-state index in [1.165, 1.54) is 16.5 Å². The van der Waals surface area contributed by atoms with Crippen LogP contribution in [0.5, 0.6) is 0 Å². The smallest absolute Gasteiger partial charge is 0.232 e. The Bertz CT molecular complexity index is 1120. The van der Waals surface area contributed by atoms with Gasteiger partial charge in [-0.15, -0.1) is 0 Å². The fourth-order valence-electron chi connectivity index (χ4n) is 3.45. The molecule has 2 N–H and O–H groups in total. The number of nitrogens with zero attached hydrogens (tertiary/aromatic N) is 1. The number of aromatic nitrogens is 2. The molecule has 0 bridgehead atoms. The van der Waals surface area contributed by atoms with Crippen LogP contribution in [-0.2, 0) is 17.6 Å². The lowest BCUT2D eigenvalue weighted by atomic mass is 10.1. The van der Waals surface area contributed by atoms with Crippen LogP contribution in [0.1, 0.15) is 29.8 Å². The summed E-state index contributed by atoms with van der Waals surface area (Å²) in [5, 5.41) is 5.32. The summed E-state index contributed by atoms with van der Waals surface area (Å²) < 4.78 is 5.48. The SMILES string of the molecule is CCc1cccc2c1[nH]c1cc(NC(=O)Cc3oc(C)nc3C)ccc12. The number of H-pyrrole nitrogens is 1. The molecule has 26 heavy (non-hydrogen) atoms. The monoisotopic (exact) mass is 347 g/mol. The first-order chi connectivity index (χ1) is 12.5. The molecular weight excluding hydrogens is 326 g/mol. The molecule has 0 aliphatic rings. The highest BCUT2D eigenvalue weighted by atomic mass is 16.4. The fraction of sp³-hybridized carbons (Fsp3) is 0.238. The second kappa shape index (κ2) is 6.33. The van der Waals surface area contributed by atoms with E-state index in [0.717, 1.165) is 28.7 Å². The maximum absolute atomic E-state index is 12.3. The summed E-state index contributed by atoms with van der Waals surface area (Å²) in [5.74, 6) is 1.07. The van der Waals surface area contributed by atoms with Gasteiger partial charge in [0, 0.05) is 34.4 Å². The Morgan fingerprint density at radius 1 is 1.19 bits per heavy atom. The van der Waals surface area contributed by atoms with Gasteiger partial charge in [-0.2, -0.15) is 0 Å². The van der Waals surface area contributed by atoms with Crippen molar-refractivity contribution >= 4 is 33.4 Å². The van der Waals surface area contributed by atoms with Crippen LogP contribution in [0, 0.1) is 13.8 Å². The van der Waals surface area contributed by atoms with Crippen molar-refractivity contribution in [3.63, 3.8) is 0 Å². The highest BCUT2D eigenvalue weighted by molar-refractivity contribution is 6.09. The van der Waals surface area contributed by atoms with Crippen molar-refractivity contribution in [1.82, 2.24) is 9.97 Å². The molecule has 0 saturated carbocycles. The third kappa shape index (κ3) is 2.86. The summed E-state index contributed by atoms with van der Waals surface area (Å²) in [6.07, 6.45) is 1.15. The number of anilines is 1. The van der Waals surface area contributed by atoms with E-state index in [2.05, 4.69) is 40.4 Å². The van der Waals surface area contributed by atoms with Crippen LogP contribution in [0.25, 0.3) is 21.8 Å². The molecule has 1 amide bonds. The largest absolute Gasteiger partial charge is 0.445 e. The van der Waals surface area contributed by atoms with E-state index < -0.39 is 0 Å². The molecule has 0 aliphatic carbocycles. The Kier molecular flexibility index (Phi) is 3.99. The maximum atomic E-state index is 12.3. The quantitative estimate of drug-likeness (QED) is 0.563. The second-order valence-electron chi connectivity index (χ2n) is 6.55. The Balaban J connectivity index is 1.62. The van der Waals surface area contributed by atoms with Crippen LogP contribution in [0.2, 0.25) is 0 Å². The van der Waals surface area contributed by atoms with Crippen molar-refractivity contribution in [1.29, 1.82) is 0 Å². The summed E-state index contributed by atoms with van der Waals surface area (Å²) in [6.45, 7) is 5.78. The van der Waals surface area contributed by atoms with Gasteiger partial charge >= 0.3 is 0 Å². The molecule has 0 spiro atoms. The molecule has 132 valence electrons. The number of benzene rings is 2. The van der Waals surface area contributed by atoms with Crippen molar-refractivity contribution in [3.8, 4) is 0 Å². The lowest BCUT2D eigenvalue weighted by Gasteiger charge is -2.04. The zero-order valence-corrected chi connectivity index (χ0v) is 15.1. The third-order valence-corrected chi connectivity index (χ3v) is 4.71. The summed E-state index contributed by atoms with van der Waals surface area (Å²) in [5.41, 5.74) is 5.00. The predicted octanol–water partition coefficient (Wildman–Crippen LogP) is 4.67. The van der Waals surface area contributed by atoms with Gasteiger partial charge in [0.25, 0.3) is 0 Å². The van der Waals surface area contributed by atoms with Gasteiger partial charge in [-0.1, -0.05) is 31.2 Å². The van der Waals surface area contributed by atoms with E-state index >= 15 is 0 Å². The van der Waals surface area contributed by atoms with Gasteiger partial charge in [0.15, 0.2) is 5.89 Å². The van der Waals surface area contributed by atoms with E-state index in [-0.39, 0.29) is 12.3 Å². The molecule has 2 aromatic heterocycles. The van der Waals surface area contributed by atoms with Crippen molar-refractivity contribution in [2.75, 3.05) is 5.32 Å². The molecule has 2 aromatic carbocycles. The topological polar surface area (TPSA) is 70.9 Å². The Morgan fingerprint density at radius 3 is 2.77 bits per heavy atom. The van der Waals surface area contributed by atoms with Crippen LogP contribution >= 0.6 is 0 Å². The Morgan fingerprint density at radius 2 is 2.04 bits per heavy atom. The van der Waals surface area contributed by atoms with Gasteiger partial charge in [-0.25, -0.2) is 4.98 Å². The maximum Gasteiger partial charge on any atom is 0.232 e. The molecular formula is C21H21N3O2. The number of oxazole rings is 1. The number of carbonyl (C=O) groups excluding carboxylic acids is 1. The van der Waals surface area contributed by atoms with Gasteiger partial charge in [-0.05, 0) is 31.0 Å². The van der Waals surface area contributed by atoms with E-state index in [1.54, 1.807) is 6.92 Å². The minimum atomic E-state index is -0.117. The molecule has 0 radical (unpaired) electrons. The fourth-order valence-corrected chi connectivity index (χ4v) is 3.45. The minimum absolute atomic E-state index is 0.117. The molecule has 4 rings (SSSR count). The van der Waals surface area contributed by atoms with Crippen LogP contribution in [0.4, 0.5) is 5.69 Å². The number of hydrogen-bond donors (Lipinski definition) is 2. The molecule has 5 nitrogen and oxygen atoms in total. The van der Waals surface area contributed by atoms with Gasteiger partial charge in [-0.3, -0.25) is 4.79 Å². The molecule has 0 aliphatic heterocycles. The zero-order valence-electron chi connectivity index (χ0n) is 15.1. The number of hydrogen-bond acceptors (Lipinski definition) is 3. The van der Waals surface area contributed by atoms with Gasteiger partial charge < -0.3 is 14.7 Å². The first-order valence-corrected chi connectivity index (χ1v) is 8.81. The standard InChI is InChI=1S/C21H21N3O2/c1-4-14-6-5-7-17-16-9-8-15(10-18(16)24-21(14)17)23-20(25)11-19-12(2)22-13(3)26-19/h5-10,24H,4,11H2,1-3H3,(H,23,25). The predicted molar refractivity (Wildman–Crippen MR) is 103 cm³/mol. The van der Waals surface area contributed by atoms with Crippen molar-refractivity contribution in [2.45, 2.75) is 33.6 Å². The molecule has 0 atom stereocenters. The lowest BCUT2D eigenvalue weighted by Crippen LogP contribution is -2.14. The number of aryl methyl sites for hydroxylation is 3. The van der Waals surface area contributed by atoms with Gasteiger partial charge in [0.2, 0.25) is 5.91 Å². The van der Waals surface area contributed by atoms with Crippen LogP contribution in [0.3, 0.4) is 0 Å². The lowest BCUT2D eigenvalue weighted by molar-refractivity contribution is -0.115. The number of rotatable bonds is 4. The number of fused-ring (bicyclic) bond motifs is 3. The van der Waals surface area contributed by atoms with Crippen molar-refractivity contribution in [3.05, 3.63) is 59.3 Å². The summed E-state index contributed by atoms with van der Waals surface area (Å²) in [6, 6.07) is 12.3. The number of aromatic amines is 1. The van der Waals surface area contributed by atoms with E-state index in [4.69, 9.17) is 4.42 Å². The first-order valence-electron chi connectivity index (χ1n) is 8.81. The molecule has 2 heterocycles. The second-order valence-corrected chi connectivity index (χ2v) is 6.55. The molecule has 5 heteroatoms. The third-order valence-electron chi connectivity index (χ3n) is 4.71. The normalized spacial score (nSPS) is 11.3. The average Bonchev–Trinajstić information content (AvgIpc) is 3.13. The van der Waals surface area contributed by atoms with Gasteiger partial charge in [0.1, 0.15) is 5.76 Å². The number of amides is 1. The Hall–Kier alpha value is -3.08. The number of para-hydroxylation sites is 1. The van der Waals surface area contributed by atoms with E-state index in [9.17, 15) is 4.79 Å². The van der Waals surface area contributed by atoms with Crippen LogP contribution in [-0.4, -0.2) is 15.9 Å². The highest BCUT2D eigenvalue weighted by Gasteiger charge is 2.13. The van der Waals surface area contributed by atoms with Gasteiger partial charge in [0.05, 0.1) is 12.1 Å². The van der Waals surface area contributed by atoms with Crippen molar-refractivity contribution in [2.24, 2.45) is 0 Å². The average molecular weight is 347 g/mol. The first kappa shape index (κ1) is 16.4. The van der Waals surface area contributed by atoms with Crippen LogP contribution in [0.15, 0.2) is 40.8 Å². The summed E-state index contributed by atoms with van der Waals surface area (Å²) in [4.78, 5) is 20.0. The van der Waals surface area contributed by atoms with E-state index in [1.807, 2.05) is 25.1 Å². The van der Waals surface area contributed by atoms with Crippen LogP contribution < -0.4 is 5.32 Å². The summed E-state index contributed by atoms with van der Waals surface area (Å²) >= 11 is 0. The van der Waals surface area contributed by atoms with E-state index in [0.29, 0.717) is 11.7 Å². The zero-order chi connectivity index (χ0) is 18.3. The molecule has 0 unspecified atom stereocenters. The Labute approximate surface area is 151 Å². The molecule has 0 fully saturated rings. The number of nitrogens with one attached hydrogen (secondary N) is 2. The summed E-state index contributed by atoms with van der Waals surface area (Å²) in [7, 11) is 0.